The summed E-state index contributed by atoms with van der Waals surface area (Å²) in [6.07, 6.45) is 10.2. The molecule has 0 unspecified atom stereocenters. The van der Waals surface area contributed by atoms with Gasteiger partial charge in [0, 0.05) is 22.9 Å². The highest BCUT2D eigenvalue weighted by Crippen LogP contribution is 2.62. The summed E-state index contributed by atoms with van der Waals surface area (Å²) >= 11 is 0. The van der Waals surface area contributed by atoms with Gasteiger partial charge in [-0.3, -0.25) is 4.98 Å². The van der Waals surface area contributed by atoms with Crippen LogP contribution in [0.1, 0.15) is 121 Å². The van der Waals surface area contributed by atoms with Crippen LogP contribution in [0.15, 0.2) is 188 Å². The lowest BCUT2D eigenvalue weighted by Crippen LogP contribution is -2.38. The molecule has 2 heterocycles. The van der Waals surface area contributed by atoms with Crippen molar-refractivity contribution in [2.45, 2.75) is 84.1 Å². The van der Waals surface area contributed by atoms with Gasteiger partial charge in [-0.05, 0) is 189 Å². The van der Waals surface area contributed by atoms with Crippen molar-refractivity contribution in [1.82, 2.24) is 9.55 Å². The van der Waals surface area contributed by atoms with Gasteiger partial charge in [-0.15, -0.1) is 0 Å². The SMILES string of the molecule is Cc1cccc2c1-c1c(C)cccc1C2(c1cccc(C2(c3cc(C(C)(C)C)ccn3)c3cccc(C)c3-c3c(C)cccc32)c1)c1cccc(C2(n3[c-][n+](C)cc3)c3cccc(C)c3-c3c(C)cccc32)c1. The van der Waals surface area contributed by atoms with Crippen molar-refractivity contribution < 1.29 is 4.57 Å². The molecule has 8 aromatic carbocycles. The van der Waals surface area contributed by atoms with Gasteiger partial charge < -0.3 is 9.13 Å². The Morgan fingerprint density at radius 2 is 0.781 bits per heavy atom. The number of hydrogen-bond acceptors (Lipinski definition) is 1. The van der Waals surface area contributed by atoms with Crippen LogP contribution in [0.5, 0.6) is 0 Å². The summed E-state index contributed by atoms with van der Waals surface area (Å²) < 4.78 is 4.40. The van der Waals surface area contributed by atoms with Crippen LogP contribution in [0.3, 0.4) is 0 Å². The zero-order valence-corrected chi connectivity index (χ0v) is 43.7. The van der Waals surface area contributed by atoms with Crippen LogP contribution < -0.4 is 4.57 Å². The lowest BCUT2D eigenvalue weighted by atomic mass is 9.64. The third-order valence-electron chi connectivity index (χ3n) is 17.3. The van der Waals surface area contributed by atoms with E-state index in [0.717, 1.165) is 5.69 Å². The Morgan fingerprint density at radius 1 is 0.425 bits per heavy atom. The Hall–Kier alpha value is -7.88. The molecule has 0 amide bonds. The fraction of sp³-hybridized carbons (Fsp3) is 0.200. The molecule has 0 fully saturated rings. The summed E-state index contributed by atoms with van der Waals surface area (Å²) in [4.78, 5) is 5.47. The van der Waals surface area contributed by atoms with Gasteiger partial charge in [-0.1, -0.05) is 172 Å². The van der Waals surface area contributed by atoms with E-state index in [1.807, 2.05) is 6.20 Å². The molecule has 0 radical (unpaired) electrons. The quantitative estimate of drug-likeness (QED) is 0.120. The van der Waals surface area contributed by atoms with Crippen molar-refractivity contribution >= 4 is 0 Å². The second-order valence-electron chi connectivity index (χ2n) is 22.4. The highest BCUT2D eigenvalue weighted by molar-refractivity contribution is 5.93. The van der Waals surface area contributed by atoms with Crippen LogP contribution in [0.4, 0.5) is 0 Å². The molecule has 0 spiro atoms. The van der Waals surface area contributed by atoms with E-state index in [-0.39, 0.29) is 5.41 Å². The van der Waals surface area contributed by atoms with Gasteiger partial charge in [-0.25, -0.2) is 0 Å². The molecule has 0 N–H and O–H groups in total. The van der Waals surface area contributed by atoms with Crippen LogP contribution in [0, 0.1) is 47.9 Å². The molecule has 73 heavy (non-hydrogen) atoms. The minimum atomic E-state index is -0.726. The largest absolute Gasteiger partial charge is 0.354 e. The monoisotopic (exact) mass is 943 g/mol. The minimum absolute atomic E-state index is 0.0861. The van der Waals surface area contributed by atoms with Crippen molar-refractivity contribution in [1.29, 1.82) is 0 Å². The second-order valence-corrected chi connectivity index (χ2v) is 22.4. The van der Waals surface area contributed by atoms with Gasteiger partial charge in [0.05, 0.1) is 23.6 Å². The molecule has 0 saturated heterocycles. The summed E-state index contributed by atoms with van der Waals surface area (Å²) in [5.74, 6) is 0. The second kappa shape index (κ2) is 15.8. The highest BCUT2D eigenvalue weighted by atomic mass is 15.2. The molecule has 0 aliphatic heterocycles. The number of hydrogen-bond donors (Lipinski definition) is 0. The van der Waals surface area contributed by atoms with Crippen LogP contribution in [0.25, 0.3) is 33.4 Å². The number of rotatable bonds is 6. The molecular weight excluding hydrogens is 883 g/mol. The zero-order chi connectivity index (χ0) is 50.3. The Kier molecular flexibility index (Phi) is 9.75. The van der Waals surface area contributed by atoms with Gasteiger partial charge in [-0.2, -0.15) is 0 Å². The van der Waals surface area contributed by atoms with Crippen LogP contribution >= 0.6 is 0 Å². The van der Waals surface area contributed by atoms with Crippen LogP contribution in [-0.2, 0) is 28.8 Å². The van der Waals surface area contributed by atoms with Gasteiger partial charge in [0.1, 0.15) is 0 Å². The fourth-order valence-electron chi connectivity index (χ4n) is 14.2. The van der Waals surface area contributed by atoms with Crippen molar-refractivity contribution in [3.8, 4) is 33.4 Å². The summed E-state index contributed by atoms with van der Waals surface area (Å²) in [6.45, 7) is 20.6. The van der Waals surface area contributed by atoms with E-state index in [4.69, 9.17) is 4.98 Å². The summed E-state index contributed by atoms with van der Waals surface area (Å²) in [5, 5.41) is 0. The smallest absolute Gasteiger partial charge is 0.204 e. The number of aromatic nitrogens is 3. The van der Waals surface area contributed by atoms with E-state index in [1.165, 1.54) is 128 Å². The molecule has 2 aromatic heterocycles. The normalized spacial score (nSPS) is 15.0. The van der Waals surface area contributed by atoms with E-state index < -0.39 is 16.4 Å². The van der Waals surface area contributed by atoms with Gasteiger partial charge in [0.2, 0.25) is 6.33 Å². The molecule has 3 aliphatic rings. The Morgan fingerprint density at radius 3 is 1.19 bits per heavy atom. The van der Waals surface area contributed by atoms with Crippen molar-refractivity contribution in [2.75, 3.05) is 0 Å². The number of pyridine rings is 1. The van der Waals surface area contributed by atoms with Crippen molar-refractivity contribution in [2.24, 2.45) is 7.05 Å². The molecule has 10 aromatic rings. The molecular formula is C70H61N3. The lowest BCUT2D eigenvalue weighted by Gasteiger charge is -2.38. The third-order valence-corrected chi connectivity index (χ3v) is 17.3. The molecule has 3 heteroatoms. The molecule has 356 valence electrons. The Balaban J connectivity index is 1.17. The van der Waals surface area contributed by atoms with E-state index >= 15 is 0 Å². The highest BCUT2D eigenvalue weighted by Gasteiger charge is 2.54. The Labute approximate surface area is 431 Å². The number of benzene rings is 8. The Bertz CT molecular complexity index is 3790. The minimum Gasteiger partial charge on any atom is -0.354 e. The van der Waals surface area contributed by atoms with Crippen LogP contribution in [0.2, 0.25) is 0 Å². The predicted molar refractivity (Wildman–Crippen MR) is 298 cm³/mol. The van der Waals surface area contributed by atoms with Crippen LogP contribution in [-0.4, -0.2) is 9.55 Å². The molecule has 3 nitrogen and oxygen atoms in total. The molecule has 0 bridgehead atoms. The molecule has 0 saturated carbocycles. The van der Waals surface area contributed by atoms with E-state index in [9.17, 15) is 0 Å². The van der Waals surface area contributed by atoms with Gasteiger partial charge in [0.15, 0.2) is 5.54 Å². The number of fused-ring (bicyclic) bond motifs is 9. The molecule has 3 aliphatic carbocycles. The first-order valence-corrected chi connectivity index (χ1v) is 26.0. The van der Waals surface area contributed by atoms with Gasteiger partial charge in [0.25, 0.3) is 0 Å². The molecule has 13 rings (SSSR count). The summed E-state index contributed by atoms with van der Waals surface area (Å²) in [6, 6.07) is 65.5. The average Bonchev–Trinajstić information content (AvgIpc) is 4.13. The predicted octanol–water partition coefficient (Wildman–Crippen LogP) is 15.2. The van der Waals surface area contributed by atoms with E-state index in [1.54, 1.807) is 0 Å². The first-order chi connectivity index (χ1) is 35.2. The summed E-state index contributed by atoms with van der Waals surface area (Å²) in [7, 11) is 2.08. The first kappa shape index (κ1) is 45.0. The third kappa shape index (κ3) is 5.88. The van der Waals surface area contributed by atoms with E-state index in [2.05, 4.69) is 267 Å². The van der Waals surface area contributed by atoms with E-state index in [0.29, 0.717) is 0 Å². The number of aryl methyl sites for hydroxylation is 7. The zero-order valence-electron chi connectivity index (χ0n) is 43.7. The van der Waals surface area contributed by atoms with Crippen molar-refractivity contribution in [3.63, 3.8) is 0 Å². The number of nitrogens with zero attached hydrogens (tertiary/aromatic N) is 3. The maximum Gasteiger partial charge on any atom is 0.204 e. The average molecular weight is 944 g/mol. The standard InChI is InChI=1S/C70H61N3/c1-43-19-11-29-54-61(43)62-44(2)20-12-30-55(62)68(54,51-26-18-28-53(40-51)70(73-38-37-72(10)42-73)58-33-15-23-47(5)65(58)66-48(6)24-16-34-59(66)70)50-25-17-27-52(39-50)69(60-41-49(35-36-71-60)67(7,8)9)56-31-13-21-45(3)63(56)64-46(4)22-14-32-57(64)69/h11-41H,1-10H3. The number of imidazole rings is 1. The maximum atomic E-state index is 5.47. The lowest BCUT2D eigenvalue weighted by molar-refractivity contribution is -0.675. The summed E-state index contributed by atoms with van der Waals surface area (Å²) in [5.41, 5.74) is 28.2. The topological polar surface area (TPSA) is 21.7 Å². The van der Waals surface area contributed by atoms with Gasteiger partial charge >= 0.3 is 0 Å². The maximum absolute atomic E-state index is 5.47. The van der Waals surface area contributed by atoms with Crippen molar-refractivity contribution in [3.05, 3.63) is 295 Å². The fourth-order valence-corrected chi connectivity index (χ4v) is 14.2. The first-order valence-electron chi connectivity index (χ1n) is 26.0. The molecule has 0 atom stereocenters.